The van der Waals surface area contributed by atoms with E-state index >= 15 is 0 Å². The highest BCUT2D eigenvalue weighted by Gasteiger charge is 2.11. The molecule has 4 nitrogen and oxygen atoms in total. The van der Waals surface area contributed by atoms with Crippen molar-refractivity contribution in [2.24, 2.45) is 0 Å². The van der Waals surface area contributed by atoms with Gasteiger partial charge >= 0.3 is 0 Å². The fraction of sp³-hybridized carbons (Fsp3) is 0.636. The van der Waals surface area contributed by atoms with Gasteiger partial charge in [0.15, 0.2) is 0 Å². The zero-order valence-electron chi connectivity index (χ0n) is 10.2. The summed E-state index contributed by atoms with van der Waals surface area (Å²) in [6, 6.07) is 1.36. The van der Waals surface area contributed by atoms with Crippen molar-refractivity contribution in [2.75, 3.05) is 20.6 Å². The number of halogens is 1. The molecule has 0 aliphatic heterocycles. The minimum Gasteiger partial charge on any atom is -0.308 e. The Morgan fingerprint density at radius 3 is 2.62 bits per heavy atom. The third-order valence-electron chi connectivity index (χ3n) is 2.29. The lowest BCUT2D eigenvalue weighted by molar-refractivity contribution is 0.373. The van der Waals surface area contributed by atoms with Gasteiger partial charge in [0, 0.05) is 25.1 Å². The van der Waals surface area contributed by atoms with Crippen LogP contribution in [0.4, 0.5) is 0 Å². The summed E-state index contributed by atoms with van der Waals surface area (Å²) in [6.07, 6.45) is 0. The van der Waals surface area contributed by atoms with E-state index in [1.807, 2.05) is 32.8 Å². The molecule has 0 atom stereocenters. The number of nitrogens with zero attached hydrogens (tertiary/aromatic N) is 3. The first-order valence-electron chi connectivity index (χ1n) is 5.34. The van der Waals surface area contributed by atoms with Crippen molar-refractivity contribution < 1.29 is 0 Å². The lowest BCUT2D eigenvalue weighted by Gasteiger charge is -2.16. The molecule has 90 valence electrons. The molecule has 0 aromatic carbocycles. The predicted octanol–water partition coefficient (Wildman–Crippen LogP) is 1.58. The molecule has 0 bridgehead atoms. The molecule has 1 heterocycles. The SMILES string of the molecule is CC(C)c1nc(Cl)cc(=O)n1CCN(C)C. The molecule has 0 fully saturated rings. The molecule has 0 spiro atoms. The van der Waals surface area contributed by atoms with Crippen LogP contribution in [0.1, 0.15) is 25.6 Å². The highest BCUT2D eigenvalue weighted by atomic mass is 35.5. The van der Waals surface area contributed by atoms with Gasteiger partial charge in [0.25, 0.3) is 5.56 Å². The second kappa shape index (κ2) is 5.46. The van der Waals surface area contributed by atoms with Crippen LogP contribution in [0.25, 0.3) is 0 Å². The van der Waals surface area contributed by atoms with Gasteiger partial charge in [-0.1, -0.05) is 25.4 Å². The maximum atomic E-state index is 11.8. The van der Waals surface area contributed by atoms with Crippen molar-refractivity contribution in [1.29, 1.82) is 0 Å². The van der Waals surface area contributed by atoms with Crippen LogP contribution >= 0.6 is 11.6 Å². The number of hydrogen-bond acceptors (Lipinski definition) is 3. The Bertz CT molecular complexity index is 412. The molecule has 1 aromatic heterocycles. The quantitative estimate of drug-likeness (QED) is 0.754. The molecular weight excluding hydrogens is 226 g/mol. The third kappa shape index (κ3) is 3.32. The fourth-order valence-corrected chi connectivity index (χ4v) is 1.64. The first-order chi connectivity index (χ1) is 7.41. The lowest BCUT2D eigenvalue weighted by Crippen LogP contribution is -2.30. The van der Waals surface area contributed by atoms with Crippen molar-refractivity contribution >= 4 is 11.6 Å². The molecule has 0 saturated carbocycles. The van der Waals surface area contributed by atoms with Crippen molar-refractivity contribution in [3.8, 4) is 0 Å². The number of rotatable bonds is 4. The van der Waals surface area contributed by atoms with Gasteiger partial charge in [-0.15, -0.1) is 0 Å². The van der Waals surface area contributed by atoms with Gasteiger partial charge in [-0.25, -0.2) is 4.98 Å². The smallest absolute Gasteiger partial charge is 0.255 e. The lowest BCUT2D eigenvalue weighted by atomic mass is 10.2. The highest BCUT2D eigenvalue weighted by Crippen LogP contribution is 2.12. The van der Waals surface area contributed by atoms with E-state index in [0.717, 1.165) is 12.4 Å². The fourth-order valence-electron chi connectivity index (χ4n) is 1.46. The van der Waals surface area contributed by atoms with Crippen molar-refractivity contribution in [3.05, 3.63) is 27.4 Å². The number of aromatic nitrogens is 2. The molecule has 1 rings (SSSR count). The Kier molecular flexibility index (Phi) is 4.50. The van der Waals surface area contributed by atoms with E-state index in [9.17, 15) is 4.79 Å². The van der Waals surface area contributed by atoms with E-state index in [0.29, 0.717) is 6.54 Å². The standard InChI is InChI=1S/C11H18ClN3O/c1-8(2)11-13-9(12)7-10(16)15(11)6-5-14(3)4/h7-8H,5-6H2,1-4H3. The first kappa shape index (κ1) is 13.2. The van der Waals surface area contributed by atoms with Gasteiger partial charge in [-0.05, 0) is 14.1 Å². The van der Waals surface area contributed by atoms with Gasteiger partial charge in [0.2, 0.25) is 0 Å². The maximum Gasteiger partial charge on any atom is 0.255 e. The summed E-state index contributed by atoms with van der Waals surface area (Å²) in [5.74, 6) is 0.938. The molecule has 16 heavy (non-hydrogen) atoms. The van der Waals surface area contributed by atoms with Gasteiger partial charge in [0.1, 0.15) is 11.0 Å². The van der Waals surface area contributed by atoms with E-state index in [2.05, 4.69) is 4.98 Å². The van der Waals surface area contributed by atoms with Crippen LogP contribution in [0.15, 0.2) is 10.9 Å². The van der Waals surface area contributed by atoms with Crippen LogP contribution in [0.5, 0.6) is 0 Å². The Balaban J connectivity index is 3.09. The molecule has 0 aliphatic carbocycles. The molecule has 0 radical (unpaired) electrons. The van der Waals surface area contributed by atoms with Crippen LogP contribution in [0, 0.1) is 0 Å². The Morgan fingerprint density at radius 1 is 1.50 bits per heavy atom. The van der Waals surface area contributed by atoms with Crippen LogP contribution in [-0.4, -0.2) is 35.1 Å². The topological polar surface area (TPSA) is 38.1 Å². The maximum absolute atomic E-state index is 11.8. The van der Waals surface area contributed by atoms with Crippen molar-refractivity contribution in [1.82, 2.24) is 14.5 Å². The van der Waals surface area contributed by atoms with E-state index in [-0.39, 0.29) is 16.6 Å². The minimum atomic E-state index is -0.0782. The van der Waals surface area contributed by atoms with E-state index < -0.39 is 0 Å². The molecule has 0 N–H and O–H groups in total. The van der Waals surface area contributed by atoms with Crippen LogP contribution < -0.4 is 5.56 Å². The Hall–Kier alpha value is -0.870. The van der Waals surface area contributed by atoms with Crippen LogP contribution in [-0.2, 0) is 6.54 Å². The molecule has 0 amide bonds. The van der Waals surface area contributed by atoms with Gasteiger partial charge in [-0.3, -0.25) is 9.36 Å². The molecule has 0 saturated heterocycles. The van der Waals surface area contributed by atoms with Crippen LogP contribution in [0.2, 0.25) is 5.15 Å². The number of hydrogen-bond donors (Lipinski definition) is 0. The zero-order valence-corrected chi connectivity index (χ0v) is 11.0. The summed E-state index contributed by atoms with van der Waals surface area (Å²) in [4.78, 5) is 18.1. The van der Waals surface area contributed by atoms with Gasteiger partial charge < -0.3 is 4.90 Å². The minimum absolute atomic E-state index is 0.0782. The first-order valence-corrected chi connectivity index (χ1v) is 5.71. The Morgan fingerprint density at radius 2 is 2.12 bits per heavy atom. The Labute approximate surface area is 101 Å². The molecule has 0 aliphatic rings. The van der Waals surface area contributed by atoms with E-state index in [1.165, 1.54) is 6.07 Å². The van der Waals surface area contributed by atoms with E-state index in [4.69, 9.17) is 11.6 Å². The average Bonchev–Trinajstić information content (AvgIpc) is 2.14. The van der Waals surface area contributed by atoms with Gasteiger partial charge in [-0.2, -0.15) is 0 Å². The monoisotopic (exact) mass is 243 g/mol. The predicted molar refractivity (Wildman–Crippen MR) is 66.2 cm³/mol. The summed E-state index contributed by atoms with van der Waals surface area (Å²) in [5.41, 5.74) is -0.0782. The van der Waals surface area contributed by atoms with E-state index in [1.54, 1.807) is 4.57 Å². The van der Waals surface area contributed by atoms with Gasteiger partial charge in [0.05, 0.1) is 0 Å². The van der Waals surface area contributed by atoms with Crippen LogP contribution in [0.3, 0.4) is 0 Å². The molecular formula is C11H18ClN3O. The largest absolute Gasteiger partial charge is 0.308 e. The molecule has 5 heteroatoms. The normalized spacial score (nSPS) is 11.4. The molecule has 1 aromatic rings. The molecule has 0 unspecified atom stereocenters. The highest BCUT2D eigenvalue weighted by molar-refractivity contribution is 6.29. The summed E-state index contributed by atoms with van der Waals surface area (Å²) in [7, 11) is 3.95. The summed E-state index contributed by atoms with van der Waals surface area (Å²) >= 11 is 5.79. The zero-order chi connectivity index (χ0) is 12.3. The summed E-state index contributed by atoms with van der Waals surface area (Å²) in [6.45, 7) is 5.46. The second-order valence-corrected chi connectivity index (χ2v) is 4.77. The number of likely N-dealkylation sites (N-methyl/N-ethyl adjacent to an activating group) is 1. The average molecular weight is 244 g/mol. The summed E-state index contributed by atoms with van der Waals surface area (Å²) < 4.78 is 1.69. The second-order valence-electron chi connectivity index (χ2n) is 4.38. The van der Waals surface area contributed by atoms with Crippen molar-refractivity contribution in [3.63, 3.8) is 0 Å². The third-order valence-corrected chi connectivity index (χ3v) is 2.49. The summed E-state index contributed by atoms with van der Waals surface area (Å²) in [5, 5.41) is 0.273. The van der Waals surface area contributed by atoms with Crippen molar-refractivity contribution in [2.45, 2.75) is 26.3 Å².